The van der Waals surface area contributed by atoms with Crippen molar-refractivity contribution in [3.8, 4) is 0 Å². The number of nitrogens with two attached hydrogens (primary N) is 1. The number of carbonyl (C=O) groups is 1. The van der Waals surface area contributed by atoms with E-state index in [0.717, 1.165) is 48.4 Å². The normalized spacial score (nSPS) is 13.8. The Morgan fingerprint density at radius 2 is 2.05 bits per heavy atom. The van der Waals surface area contributed by atoms with Gasteiger partial charge in [-0.1, -0.05) is 0 Å². The Kier molecular flexibility index (Phi) is 3.59. The molecule has 1 aliphatic carbocycles. The van der Waals surface area contributed by atoms with Gasteiger partial charge < -0.3 is 5.73 Å². The number of hydrogen-bond acceptors (Lipinski definition) is 4. The van der Waals surface area contributed by atoms with Crippen LogP contribution in [-0.4, -0.2) is 10.9 Å². The predicted molar refractivity (Wildman–Crippen MR) is 77.5 cm³/mol. The van der Waals surface area contributed by atoms with Gasteiger partial charge in [0.05, 0.1) is 11.4 Å². The number of halogens is 2. The fourth-order valence-electron chi connectivity index (χ4n) is 2.34. The maximum atomic E-state index is 13.8. The molecule has 0 atom stereocenters. The number of benzene rings is 1. The second-order valence-electron chi connectivity index (χ2n) is 4.88. The maximum absolute atomic E-state index is 13.8. The second kappa shape index (κ2) is 5.40. The summed E-state index contributed by atoms with van der Waals surface area (Å²) in [5.74, 6) is -2.86. The lowest BCUT2D eigenvalue weighted by Gasteiger charge is -2.06. The summed E-state index contributed by atoms with van der Waals surface area (Å²) < 4.78 is 27.4. The van der Waals surface area contributed by atoms with Crippen LogP contribution in [0.3, 0.4) is 0 Å². The first-order valence-electron chi connectivity index (χ1n) is 6.59. The fraction of sp³-hybridized carbons (Fsp3) is 0.286. The number of rotatable bonds is 2. The van der Waals surface area contributed by atoms with Crippen molar-refractivity contribution in [1.29, 1.82) is 0 Å². The van der Waals surface area contributed by atoms with E-state index in [1.54, 1.807) is 0 Å². The van der Waals surface area contributed by atoms with Crippen LogP contribution >= 0.6 is 11.3 Å². The summed E-state index contributed by atoms with van der Waals surface area (Å²) >= 11 is 1.36. The molecule has 0 saturated heterocycles. The van der Waals surface area contributed by atoms with Crippen LogP contribution in [0.2, 0.25) is 0 Å². The summed E-state index contributed by atoms with van der Waals surface area (Å²) in [6.07, 6.45) is 3.98. The average molecular weight is 309 g/mol. The van der Waals surface area contributed by atoms with Crippen molar-refractivity contribution in [3.63, 3.8) is 0 Å². The molecule has 0 fully saturated rings. The van der Waals surface area contributed by atoms with Gasteiger partial charge in [0.25, 0.3) is 5.91 Å². The fourth-order valence-corrected chi connectivity index (χ4v) is 3.39. The third kappa shape index (κ3) is 2.61. The number of hydrogen-bond donors (Lipinski definition) is 2. The molecule has 1 aliphatic rings. The molecule has 0 radical (unpaired) electrons. The molecule has 7 heteroatoms. The third-order valence-corrected chi connectivity index (χ3v) is 4.49. The number of thiazole rings is 1. The molecule has 3 N–H and O–H groups in total. The van der Waals surface area contributed by atoms with E-state index in [1.165, 1.54) is 11.3 Å². The van der Waals surface area contributed by atoms with Gasteiger partial charge in [-0.05, 0) is 37.8 Å². The molecule has 0 aliphatic heterocycles. The van der Waals surface area contributed by atoms with Crippen LogP contribution in [0.25, 0.3) is 0 Å². The highest BCUT2D eigenvalue weighted by Crippen LogP contribution is 2.30. The zero-order valence-corrected chi connectivity index (χ0v) is 11.9. The number of carbonyl (C=O) groups excluding carboxylic acids is 1. The molecule has 21 heavy (non-hydrogen) atoms. The van der Waals surface area contributed by atoms with Gasteiger partial charge in [-0.25, -0.2) is 13.8 Å². The molecule has 2 aromatic rings. The first kappa shape index (κ1) is 13.9. The van der Waals surface area contributed by atoms with Crippen molar-refractivity contribution in [1.82, 2.24) is 4.98 Å². The molecular weight excluding hydrogens is 296 g/mol. The summed E-state index contributed by atoms with van der Waals surface area (Å²) in [6, 6.07) is 2.06. The van der Waals surface area contributed by atoms with E-state index < -0.39 is 23.1 Å². The Balaban J connectivity index is 1.87. The van der Waals surface area contributed by atoms with E-state index in [4.69, 9.17) is 5.73 Å². The topological polar surface area (TPSA) is 68.0 Å². The number of anilines is 2. The number of fused-ring (bicyclic) bond motifs is 1. The molecule has 0 unspecified atom stereocenters. The van der Waals surface area contributed by atoms with Crippen molar-refractivity contribution in [2.75, 3.05) is 11.1 Å². The van der Waals surface area contributed by atoms with Crippen LogP contribution in [0.1, 0.15) is 33.8 Å². The zero-order valence-electron chi connectivity index (χ0n) is 11.1. The molecule has 1 amide bonds. The molecule has 1 aromatic heterocycles. The van der Waals surface area contributed by atoms with Crippen LogP contribution < -0.4 is 11.1 Å². The lowest BCUT2D eigenvalue weighted by molar-refractivity contribution is 0.101. The minimum absolute atomic E-state index is 0.264. The highest BCUT2D eigenvalue weighted by molar-refractivity contribution is 7.15. The summed E-state index contributed by atoms with van der Waals surface area (Å²) in [6.45, 7) is 0. The van der Waals surface area contributed by atoms with E-state index in [1.807, 2.05) is 0 Å². The lowest BCUT2D eigenvalue weighted by atomic mass is 10.0. The molecule has 0 saturated carbocycles. The number of aromatic nitrogens is 1. The van der Waals surface area contributed by atoms with Crippen LogP contribution in [-0.2, 0) is 12.8 Å². The predicted octanol–water partition coefficient (Wildman–Crippen LogP) is 3.13. The van der Waals surface area contributed by atoms with Gasteiger partial charge in [-0.3, -0.25) is 10.1 Å². The summed E-state index contributed by atoms with van der Waals surface area (Å²) in [4.78, 5) is 17.5. The van der Waals surface area contributed by atoms with E-state index in [2.05, 4.69) is 10.3 Å². The monoisotopic (exact) mass is 309 g/mol. The Morgan fingerprint density at radius 3 is 2.81 bits per heavy atom. The van der Waals surface area contributed by atoms with E-state index in [0.29, 0.717) is 5.13 Å². The first-order chi connectivity index (χ1) is 10.1. The van der Waals surface area contributed by atoms with E-state index >= 15 is 0 Å². The number of nitrogen functional groups attached to an aromatic ring is 1. The SMILES string of the molecule is Nc1ccc(F)c(C(=O)Nc2nc3c(s2)CCCC3)c1F. The maximum Gasteiger partial charge on any atom is 0.263 e. The van der Waals surface area contributed by atoms with E-state index in [9.17, 15) is 13.6 Å². The summed E-state index contributed by atoms with van der Waals surface area (Å²) in [5.41, 5.74) is 5.39. The zero-order chi connectivity index (χ0) is 15.0. The summed E-state index contributed by atoms with van der Waals surface area (Å²) in [7, 11) is 0. The van der Waals surface area contributed by atoms with Crippen molar-refractivity contribution in [2.45, 2.75) is 25.7 Å². The molecule has 1 aromatic carbocycles. The van der Waals surface area contributed by atoms with Gasteiger partial charge in [-0.2, -0.15) is 0 Å². The smallest absolute Gasteiger partial charge is 0.263 e. The lowest BCUT2D eigenvalue weighted by Crippen LogP contribution is -2.16. The molecule has 1 heterocycles. The number of nitrogens with zero attached hydrogens (tertiary/aromatic N) is 1. The second-order valence-corrected chi connectivity index (χ2v) is 5.96. The quantitative estimate of drug-likeness (QED) is 0.837. The molecule has 4 nitrogen and oxygen atoms in total. The molecule has 0 bridgehead atoms. The molecule has 0 spiro atoms. The van der Waals surface area contributed by atoms with Crippen molar-refractivity contribution < 1.29 is 13.6 Å². The van der Waals surface area contributed by atoms with Gasteiger partial charge in [-0.15, -0.1) is 11.3 Å². The first-order valence-corrected chi connectivity index (χ1v) is 7.41. The Bertz CT molecular complexity index is 691. The number of nitrogens with one attached hydrogen (secondary N) is 1. The molecular formula is C14H13F2N3OS. The third-order valence-electron chi connectivity index (χ3n) is 3.41. The standard InChI is InChI=1S/C14H13F2N3OS/c15-7-5-6-8(17)12(16)11(7)13(20)19-14-18-9-3-1-2-4-10(9)21-14/h5-6H,1-4,17H2,(H,18,19,20). The van der Waals surface area contributed by atoms with Crippen LogP contribution in [0.4, 0.5) is 19.6 Å². The number of amides is 1. The van der Waals surface area contributed by atoms with Crippen LogP contribution in [0.5, 0.6) is 0 Å². The summed E-state index contributed by atoms with van der Waals surface area (Å²) in [5, 5.41) is 2.83. The van der Waals surface area contributed by atoms with Crippen molar-refractivity contribution in [2.24, 2.45) is 0 Å². The van der Waals surface area contributed by atoms with Crippen LogP contribution in [0.15, 0.2) is 12.1 Å². The average Bonchev–Trinajstić information content (AvgIpc) is 2.85. The van der Waals surface area contributed by atoms with Gasteiger partial charge in [0.2, 0.25) is 0 Å². The van der Waals surface area contributed by atoms with E-state index in [-0.39, 0.29) is 5.69 Å². The van der Waals surface area contributed by atoms with Gasteiger partial charge in [0.1, 0.15) is 11.4 Å². The Morgan fingerprint density at radius 1 is 1.29 bits per heavy atom. The highest BCUT2D eigenvalue weighted by atomic mass is 32.1. The van der Waals surface area contributed by atoms with Crippen LogP contribution in [0, 0.1) is 11.6 Å². The van der Waals surface area contributed by atoms with Crippen molar-refractivity contribution in [3.05, 3.63) is 39.9 Å². The molecule has 3 rings (SSSR count). The minimum atomic E-state index is -1.05. The number of aryl methyl sites for hydroxylation is 2. The van der Waals surface area contributed by atoms with Gasteiger partial charge >= 0.3 is 0 Å². The molecule has 110 valence electrons. The largest absolute Gasteiger partial charge is 0.396 e. The highest BCUT2D eigenvalue weighted by Gasteiger charge is 2.22. The Labute approximate surface area is 124 Å². The minimum Gasteiger partial charge on any atom is -0.396 e. The van der Waals surface area contributed by atoms with Gasteiger partial charge in [0, 0.05) is 4.88 Å². The van der Waals surface area contributed by atoms with Gasteiger partial charge in [0.15, 0.2) is 10.9 Å². The van der Waals surface area contributed by atoms with Crippen molar-refractivity contribution >= 4 is 28.1 Å². The Hall–Kier alpha value is -2.02.